The summed E-state index contributed by atoms with van der Waals surface area (Å²) in [6.45, 7) is 0. The molecule has 184 valence electrons. The van der Waals surface area contributed by atoms with Crippen molar-refractivity contribution in [2.45, 2.75) is 0 Å². The molecule has 0 spiro atoms. The van der Waals surface area contributed by atoms with E-state index in [4.69, 9.17) is 8.83 Å². The second-order valence-corrected chi connectivity index (χ2v) is 8.46. The summed E-state index contributed by atoms with van der Waals surface area (Å²) in [4.78, 5) is 4.58. The van der Waals surface area contributed by atoms with Crippen molar-refractivity contribution in [1.82, 2.24) is 15.2 Å². The van der Waals surface area contributed by atoms with E-state index >= 15 is 0 Å². The minimum atomic E-state index is 0.663. The maximum absolute atomic E-state index is 5.63. The van der Waals surface area contributed by atoms with Gasteiger partial charge < -0.3 is 19.5 Å². The Hall–Kier alpha value is -5.43. The number of anilines is 4. The van der Waals surface area contributed by atoms with Crippen LogP contribution >= 0.6 is 0 Å². The molecule has 2 aliphatic rings. The van der Waals surface area contributed by atoms with E-state index in [1.165, 1.54) is 0 Å². The summed E-state index contributed by atoms with van der Waals surface area (Å²) in [7, 11) is 0. The third-order valence-corrected chi connectivity index (χ3v) is 5.88. The Labute approximate surface area is 219 Å². The number of furan rings is 2. The molecule has 0 amide bonds. The molecular weight excluding hydrogens is 474 g/mol. The topological polar surface area (TPSA) is 89.0 Å². The molecule has 2 aromatic heterocycles. The normalized spacial score (nSPS) is 11.5. The molecule has 38 heavy (non-hydrogen) atoms. The van der Waals surface area contributed by atoms with E-state index < -0.39 is 0 Å². The van der Waals surface area contributed by atoms with Gasteiger partial charge in [0.2, 0.25) is 11.8 Å². The van der Waals surface area contributed by atoms with Crippen LogP contribution in [0.5, 0.6) is 0 Å². The third-order valence-electron chi connectivity index (χ3n) is 5.88. The molecule has 7 nitrogen and oxygen atoms in total. The van der Waals surface area contributed by atoms with Gasteiger partial charge in [-0.1, -0.05) is 36.4 Å². The Morgan fingerprint density at radius 3 is 1.82 bits per heavy atom. The van der Waals surface area contributed by atoms with Crippen LogP contribution in [-0.2, 0) is 0 Å². The quantitative estimate of drug-likeness (QED) is 0.220. The van der Waals surface area contributed by atoms with Crippen molar-refractivity contribution in [3.05, 3.63) is 126 Å². The van der Waals surface area contributed by atoms with Crippen molar-refractivity contribution >= 4 is 47.4 Å². The summed E-state index contributed by atoms with van der Waals surface area (Å²) in [5.41, 5.74) is 6.90. The minimum absolute atomic E-state index is 0.663. The average molecular weight is 498 g/mol. The molecule has 0 saturated heterocycles. The Balaban J connectivity index is 1.20. The molecule has 7 heteroatoms. The van der Waals surface area contributed by atoms with Crippen LogP contribution in [-0.4, -0.2) is 15.2 Å². The van der Waals surface area contributed by atoms with E-state index in [0.717, 1.165) is 39.5 Å². The van der Waals surface area contributed by atoms with Gasteiger partial charge in [-0.25, -0.2) is 0 Å². The second kappa shape index (κ2) is 10.7. The lowest BCUT2D eigenvalue weighted by atomic mass is 10.1. The zero-order valence-electron chi connectivity index (χ0n) is 20.3. The number of hydrogen-bond acceptors (Lipinski definition) is 7. The summed E-state index contributed by atoms with van der Waals surface area (Å²) in [6.07, 6.45) is 12.8. The number of fused-ring (bicyclic) bond motifs is 1. The SMILES string of the molecule is C(=C\c1ccoc1Nc1ccccc1)/c1ccc2c(/C=C/c3ccoc3Nc3ccccc3)nnc-2cn1. The predicted octanol–water partition coefficient (Wildman–Crippen LogP) is 7.99. The van der Waals surface area contributed by atoms with E-state index in [1.807, 2.05) is 109 Å². The van der Waals surface area contributed by atoms with Gasteiger partial charge in [0.05, 0.1) is 30.1 Å². The van der Waals surface area contributed by atoms with Crippen molar-refractivity contribution in [1.29, 1.82) is 0 Å². The fraction of sp³-hybridized carbons (Fsp3) is 0. The van der Waals surface area contributed by atoms with Gasteiger partial charge in [0.1, 0.15) is 5.69 Å². The lowest BCUT2D eigenvalue weighted by Gasteiger charge is -2.03. The van der Waals surface area contributed by atoms with Crippen LogP contribution in [0.25, 0.3) is 35.6 Å². The van der Waals surface area contributed by atoms with Crippen molar-refractivity contribution in [2.75, 3.05) is 10.6 Å². The third kappa shape index (κ3) is 5.22. The van der Waals surface area contributed by atoms with Crippen LogP contribution in [0.3, 0.4) is 0 Å². The van der Waals surface area contributed by atoms with Gasteiger partial charge in [0.15, 0.2) is 0 Å². The van der Waals surface area contributed by atoms with Crippen LogP contribution in [0.4, 0.5) is 23.1 Å². The first-order valence-electron chi connectivity index (χ1n) is 12.1. The van der Waals surface area contributed by atoms with E-state index in [-0.39, 0.29) is 0 Å². The van der Waals surface area contributed by atoms with Crippen molar-refractivity contribution in [3.8, 4) is 11.3 Å². The molecule has 4 aromatic rings. The molecule has 0 saturated carbocycles. The summed E-state index contributed by atoms with van der Waals surface area (Å²) < 4.78 is 11.2. The molecule has 0 aliphatic carbocycles. The molecule has 0 radical (unpaired) electrons. The summed E-state index contributed by atoms with van der Waals surface area (Å²) in [5.74, 6) is 1.33. The number of nitrogens with zero attached hydrogens (tertiary/aromatic N) is 3. The van der Waals surface area contributed by atoms with Crippen molar-refractivity contribution < 1.29 is 8.83 Å². The summed E-state index contributed by atoms with van der Waals surface area (Å²) in [6, 6.07) is 27.5. The van der Waals surface area contributed by atoms with E-state index in [1.54, 1.807) is 18.7 Å². The zero-order valence-corrected chi connectivity index (χ0v) is 20.3. The number of aromatic nitrogens is 3. The van der Waals surface area contributed by atoms with Gasteiger partial charge in [-0.15, -0.1) is 10.2 Å². The lowest BCUT2D eigenvalue weighted by molar-refractivity contribution is 0.584. The van der Waals surface area contributed by atoms with Crippen molar-refractivity contribution in [3.63, 3.8) is 0 Å². The van der Waals surface area contributed by atoms with E-state index in [2.05, 4.69) is 25.8 Å². The Morgan fingerprint density at radius 2 is 1.18 bits per heavy atom. The first kappa shape index (κ1) is 23.0. The van der Waals surface area contributed by atoms with Crippen LogP contribution < -0.4 is 10.6 Å². The Kier molecular flexibility index (Phi) is 6.46. The van der Waals surface area contributed by atoms with Crippen LogP contribution in [0.1, 0.15) is 22.5 Å². The van der Waals surface area contributed by atoms with Gasteiger partial charge in [0.25, 0.3) is 0 Å². The molecule has 4 heterocycles. The number of rotatable bonds is 8. The van der Waals surface area contributed by atoms with E-state index in [9.17, 15) is 0 Å². The Morgan fingerprint density at radius 1 is 0.579 bits per heavy atom. The smallest absolute Gasteiger partial charge is 0.204 e. The largest absolute Gasteiger partial charge is 0.448 e. The standard InChI is InChI=1S/C31H23N5O2/c1-3-7-25(8-4-1)33-30-22(17-19-37-30)11-13-24-14-15-27-28(35-36-29(27)21-32-24)16-12-23-18-20-38-31(23)34-26-9-5-2-6-10-26/h1-21,33-34H/b13-11+,16-12+. The second-order valence-electron chi connectivity index (χ2n) is 8.46. The monoisotopic (exact) mass is 497 g/mol. The lowest BCUT2D eigenvalue weighted by Crippen LogP contribution is -1.89. The molecular formula is C31H23N5O2. The highest BCUT2D eigenvalue weighted by molar-refractivity contribution is 5.82. The van der Waals surface area contributed by atoms with Gasteiger partial charge in [-0.05, 0) is 72.8 Å². The number of nitrogens with one attached hydrogen (secondary N) is 2. The first-order chi connectivity index (χ1) is 18.8. The van der Waals surface area contributed by atoms with Gasteiger partial charge in [-0.3, -0.25) is 4.98 Å². The van der Waals surface area contributed by atoms with Crippen LogP contribution in [0.2, 0.25) is 0 Å². The molecule has 6 rings (SSSR count). The fourth-order valence-electron chi connectivity index (χ4n) is 3.93. The minimum Gasteiger partial charge on any atom is -0.448 e. The Bertz CT molecular complexity index is 1670. The molecule has 0 bridgehead atoms. The average Bonchev–Trinajstić information content (AvgIpc) is 3.65. The highest BCUT2D eigenvalue weighted by Crippen LogP contribution is 2.28. The van der Waals surface area contributed by atoms with Gasteiger partial charge >= 0.3 is 0 Å². The molecule has 2 aromatic carbocycles. The predicted molar refractivity (Wildman–Crippen MR) is 151 cm³/mol. The van der Waals surface area contributed by atoms with Gasteiger partial charge in [0, 0.05) is 28.1 Å². The highest BCUT2D eigenvalue weighted by Gasteiger charge is 2.11. The summed E-state index contributed by atoms with van der Waals surface area (Å²) >= 11 is 0. The highest BCUT2D eigenvalue weighted by atomic mass is 16.3. The number of hydrogen-bond donors (Lipinski definition) is 2. The number of para-hydroxylation sites is 2. The van der Waals surface area contributed by atoms with Crippen molar-refractivity contribution in [2.24, 2.45) is 0 Å². The maximum atomic E-state index is 5.63. The molecule has 0 atom stereocenters. The molecule has 0 unspecified atom stereocenters. The maximum Gasteiger partial charge on any atom is 0.204 e. The van der Waals surface area contributed by atoms with Crippen LogP contribution in [0.15, 0.2) is 112 Å². The molecule has 2 N–H and O–H groups in total. The van der Waals surface area contributed by atoms with Gasteiger partial charge in [-0.2, -0.15) is 0 Å². The molecule has 2 aliphatic heterocycles. The van der Waals surface area contributed by atoms with E-state index in [0.29, 0.717) is 17.5 Å². The zero-order chi connectivity index (χ0) is 25.6. The molecule has 0 fully saturated rings. The first-order valence-corrected chi connectivity index (χ1v) is 12.1. The van der Waals surface area contributed by atoms with Crippen LogP contribution in [0, 0.1) is 0 Å². The fourth-order valence-corrected chi connectivity index (χ4v) is 3.93. The summed E-state index contributed by atoms with van der Waals surface area (Å²) in [5, 5.41) is 15.2. The number of benzene rings is 2.